The van der Waals surface area contributed by atoms with Crippen molar-refractivity contribution in [2.75, 3.05) is 6.61 Å². The van der Waals surface area contributed by atoms with Gasteiger partial charge in [-0.1, -0.05) is 0 Å². The summed E-state index contributed by atoms with van der Waals surface area (Å²) in [6, 6.07) is 4.89. The van der Waals surface area contributed by atoms with E-state index in [-0.39, 0.29) is 12.6 Å². The summed E-state index contributed by atoms with van der Waals surface area (Å²) in [4.78, 5) is 11.9. The molecule has 0 heterocycles. The van der Waals surface area contributed by atoms with Gasteiger partial charge in [-0.15, -0.1) is 0 Å². The Morgan fingerprint density at radius 3 is 2.25 bits per heavy atom. The maximum atomic E-state index is 11.9. The fourth-order valence-corrected chi connectivity index (χ4v) is 7.62. The summed E-state index contributed by atoms with van der Waals surface area (Å²) in [6.07, 6.45) is 0. The van der Waals surface area contributed by atoms with Crippen LogP contribution < -0.4 is 4.74 Å². The molecule has 1 aromatic carbocycles. The van der Waals surface area contributed by atoms with Crippen molar-refractivity contribution in [1.82, 2.24) is 0 Å². The van der Waals surface area contributed by atoms with Crippen molar-refractivity contribution in [3.8, 4) is 5.75 Å². The zero-order chi connectivity index (χ0) is 15.2. The number of ether oxygens (including phenoxy) is 1. The van der Waals surface area contributed by atoms with Crippen LogP contribution in [0.3, 0.4) is 0 Å². The Hall–Kier alpha value is -0.387. The third-order valence-corrected chi connectivity index (χ3v) is 13.5. The maximum absolute atomic E-state index is 11.9. The van der Waals surface area contributed by atoms with E-state index in [1.165, 1.54) is 0 Å². The quantitative estimate of drug-likeness (QED) is 0.631. The van der Waals surface area contributed by atoms with Crippen LogP contribution in [0.5, 0.6) is 5.75 Å². The van der Waals surface area contributed by atoms with Gasteiger partial charge in [-0.2, -0.15) is 0 Å². The molecule has 1 rings (SSSR count). The van der Waals surface area contributed by atoms with Gasteiger partial charge in [-0.05, 0) is 0 Å². The number of benzene rings is 1. The van der Waals surface area contributed by atoms with E-state index >= 15 is 0 Å². The first kappa shape index (κ1) is 17.7. The first-order valence-corrected chi connectivity index (χ1v) is 12.8. The molecule has 0 atom stereocenters. The Labute approximate surface area is 133 Å². The monoisotopic (exact) mass is 380 g/mol. The van der Waals surface area contributed by atoms with Crippen LogP contribution in [0.2, 0.25) is 25.8 Å². The molecule has 0 fully saturated rings. The van der Waals surface area contributed by atoms with E-state index in [4.69, 9.17) is 31.7 Å². The molecular formula is C14H20Cl2GeO3. The van der Waals surface area contributed by atoms with Gasteiger partial charge in [0.25, 0.3) is 0 Å². The summed E-state index contributed by atoms with van der Waals surface area (Å²) < 4.78 is 11.1. The molecule has 3 nitrogen and oxygen atoms in total. The van der Waals surface area contributed by atoms with Crippen molar-refractivity contribution in [2.45, 2.75) is 36.5 Å². The number of hydrogen-bond acceptors (Lipinski definition) is 3. The van der Waals surface area contributed by atoms with Gasteiger partial charge in [0.2, 0.25) is 0 Å². The summed E-state index contributed by atoms with van der Waals surface area (Å²) in [6.45, 7) is 6.17. The zero-order valence-corrected chi connectivity index (χ0v) is 15.7. The summed E-state index contributed by atoms with van der Waals surface area (Å²) in [5.41, 5.74) is 0. The topological polar surface area (TPSA) is 35.5 Å². The van der Waals surface area contributed by atoms with Crippen molar-refractivity contribution >= 4 is 42.8 Å². The van der Waals surface area contributed by atoms with Gasteiger partial charge in [0.05, 0.1) is 0 Å². The zero-order valence-electron chi connectivity index (χ0n) is 12.0. The van der Waals surface area contributed by atoms with Crippen molar-refractivity contribution in [1.29, 1.82) is 0 Å². The normalized spacial score (nSPS) is 11.2. The minimum absolute atomic E-state index is 0.117. The molecule has 0 radical (unpaired) electrons. The molecule has 0 spiro atoms. The van der Waals surface area contributed by atoms with E-state index in [0.29, 0.717) is 15.8 Å². The Balaban J connectivity index is 2.59. The SMILES string of the molecule is C[CH2][Ge]([CH2]C)([CH2]C)[O]C(=O)COc1ccc(Cl)cc1Cl. The average molecular weight is 380 g/mol. The Bertz CT molecular complexity index is 453. The Morgan fingerprint density at radius 1 is 1.15 bits per heavy atom. The summed E-state index contributed by atoms with van der Waals surface area (Å²) in [7, 11) is 0. The number of halogens is 2. The molecule has 0 N–H and O–H groups in total. The van der Waals surface area contributed by atoms with Crippen LogP contribution in [0.1, 0.15) is 20.8 Å². The van der Waals surface area contributed by atoms with Gasteiger partial charge in [-0.25, -0.2) is 0 Å². The van der Waals surface area contributed by atoms with E-state index in [9.17, 15) is 4.79 Å². The van der Waals surface area contributed by atoms with Crippen molar-refractivity contribution < 1.29 is 13.3 Å². The second-order valence-electron chi connectivity index (χ2n) is 4.58. The molecule has 1 aromatic rings. The summed E-state index contributed by atoms with van der Waals surface area (Å²) in [5, 5.41) is 3.84. The Morgan fingerprint density at radius 2 is 1.75 bits per heavy atom. The molecule has 112 valence electrons. The second kappa shape index (κ2) is 8.15. The number of hydrogen-bond donors (Lipinski definition) is 0. The van der Waals surface area contributed by atoms with E-state index < -0.39 is 13.6 Å². The van der Waals surface area contributed by atoms with Crippen LogP contribution >= 0.6 is 23.2 Å². The van der Waals surface area contributed by atoms with E-state index in [1.54, 1.807) is 18.2 Å². The van der Waals surface area contributed by atoms with E-state index in [0.717, 1.165) is 15.8 Å². The first-order valence-electron chi connectivity index (χ1n) is 6.76. The predicted molar refractivity (Wildman–Crippen MR) is 85.2 cm³/mol. The third-order valence-electron chi connectivity index (χ3n) is 3.50. The molecule has 0 saturated heterocycles. The molecule has 0 saturated carbocycles. The molecule has 0 aliphatic carbocycles. The molecule has 0 bridgehead atoms. The van der Waals surface area contributed by atoms with Crippen molar-refractivity contribution in [2.24, 2.45) is 0 Å². The fourth-order valence-electron chi connectivity index (χ4n) is 1.97. The Kier molecular flexibility index (Phi) is 7.20. The van der Waals surface area contributed by atoms with Gasteiger partial charge in [0.15, 0.2) is 0 Å². The molecule has 0 unspecified atom stereocenters. The number of rotatable bonds is 7. The number of carbonyl (C=O) groups excluding carboxylic acids is 1. The molecule has 20 heavy (non-hydrogen) atoms. The van der Waals surface area contributed by atoms with Gasteiger partial charge >= 0.3 is 133 Å². The van der Waals surface area contributed by atoms with Crippen LogP contribution in [-0.4, -0.2) is 26.2 Å². The van der Waals surface area contributed by atoms with Gasteiger partial charge < -0.3 is 0 Å². The van der Waals surface area contributed by atoms with Crippen molar-refractivity contribution in [3.05, 3.63) is 28.2 Å². The van der Waals surface area contributed by atoms with Crippen LogP contribution in [0.15, 0.2) is 18.2 Å². The van der Waals surface area contributed by atoms with E-state index in [1.807, 2.05) is 0 Å². The van der Waals surface area contributed by atoms with E-state index in [2.05, 4.69) is 20.8 Å². The predicted octanol–water partition coefficient (Wildman–Crippen LogP) is 4.92. The van der Waals surface area contributed by atoms with Gasteiger partial charge in [0.1, 0.15) is 0 Å². The third kappa shape index (κ3) is 4.86. The second-order valence-corrected chi connectivity index (χ2v) is 15.3. The molecular weight excluding hydrogens is 360 g/mol. The number of carbonyl (C=O) groups is 1. The van der Waals surface area contributed by atoms with Gasteiger partial charge in [-0.3, -0.25) is 0 Å². The molecule has 6 heteroatoms. The van der Waals surface area contributed by atoms with Crippen LogP contribution in [0.4, 0.5) is 0 Å². The summed E-state index contributed by atoms with van der Waals surface area (Å²) >= 11 is 9.32. The minimum atomic E-state index is -2.46. The summed E-state index contributed by atoms with van der Waals surface area (Å²) in [5.74, 6) is 0.136. The standard InChI is InChI=1S/C14H20Cl2GeO3/c1-4-17(5-2,6-3)20-14(18)10-19-13-8-7-11(15)9-12(13)16/h7-9H,4-6,10H2,1-3H3. The average Bonchev–Trinajstić information content (AvgIpc) is 2.44. The molecule has 0 aromatic heterocycles. The van der Waals surface area contributed by atoms with Crippen LogP contribution in [0.25, 0.3) is 0 Å². The van der Waals surface area contributed by atoms with Crippen LogP contribution in [-0.2, 0) is 8.56 Å². The molecule has 0 aliphatic rings. The first-order chi connectivity index (χ1) is 9.46. The fraction of sp³-hybridized carbons (Fsp3) is 0.500. The molecule has 0 amide bonds. The molecule has 0 aliphatic heterocycles. The van der Waals surface area contributed by atoms with Crippen molar-refractivity contribution in [3.63, 3.8) is 0 Å². The van der Waals surface area contributed by atoms with Crippen LogP contribution in [0, 0.1) is 0 Å². The van der Waals surface area contributed by atoms with Gasteiger partial charge in [0, 0.05) is 0 Å².